The van der Waals surface area contributed by atoms with E-state index in [-0.39, 0.29) is 11.0 Å². The molecule has 2 aromatic heterocycles. The molecule has 1 unspecified atom stereocenters. The van der Waals surface area contributed by atoms with Crippen molar-refractivity contribution in [2.75, 3.05) is 0 Å². The number of hydrogen-bond donors (Lipinski definition) is 0. The van der Waals surface area contributed by atoms with Gasteiger partial charge in [0.2, 0.25) is 5.69 Å². The molecule has 3 nitrogen and oxygen atoms in total. The lowest BCUT2D eigenvalue weighted by Crippen LogP contribution is -2.68. The van der Waals surface area contributed by atoms with Gasteiger partial charge in [-0.25, -0.2) is 9.97 Å². The first-order valence-electron chi connectivity index (χ1n) is 29.1. The van der Waals surface area contributed by atoms with E-state index in [9.17, 15) is 0 Å². The summed E-state index contributed by atoms with van der Waals surface area (Å²) in [6.45, 7) is 11.8. The molecular formula is C79H66N3+. The predicted molar refractivity (Wildman–Crippen MR) is 343 cm³/mol. The number of fused-ring (bicyclic) bond motifs is 3. The van der Waals surface area contributed by atoms with Crippen molar-refractivity contribution in [2.24, 2.45) is 0 Å². The monoisotopic (exact) mass is 1060 g/mol. The molecule has 0 aliphatic carbocycles. The molecular weight excluding hydrogens is 991 g/mol. The average Bonchev–Trinajstić information content (AvgIpc) is 3.06. The molecule has 0 spiro atoms. The van der Waals surface area contributed by atoms with Crippen LogP contribution < -0.4 is 4.57 Å². The number of benzene rings is 10. The van der Waals surface area contributed by atoms with Crippen LogP contribution in [0.2, 0.25) is 0 Å². The van der Waals surface area contributed by atoms with Crippen molar-refractivity contribution in [3.63, 3.8) is 0 Å². The van der Waals surface area contributed by atoms with Gasteiger partial charge in [-0.3, -0.25) is 0 Å². The maximum atomic E-state index is 5.62. The van der Waals surface area contributed by atoms with E-state index in [1.807, 2.05) is 0 Å². The molecule has 396 valence electrons. The fourth-order valence-corrected chi connectivity index (χ4v) is 13.4. The van der Waals surface area contributed by atoms with Crippen LogP contribution in [0.25, 0.3) is 123 Å². The number of nitrogens with zero attached hydrogens (tertiary/aromatic N) is 3. The zero-order chi connectivity index (χ0) is 55.8. The van der Waals surface area contributed by atoms with Gasteiger partial charge in [0.05, 0.1) is 22.4 Å². The Morgan fingerprint density at radius 1 is 0.317 bits per heavy atom. The highest BCUT2D eigenvalue weighted by Crippen LogP contribution is 2.52. The van der Waals surface area contributed by atoms with Gasteiger partial charge in [-0.1, -0.05) is 209 Å². The van der Waals surface area contributed by atoms with Gasteiger partial charge in [-0.15, -0.1) is 0 Å². The summed E-state index contributed by atoms with van der Waals surface area (Å²) in [7, 11) is 0. The fourth-order valence-electron chi connectivity index (χ4n) is 13.4. The van der Waals surface area contributed by atoms with E-state index in [0.717, 1.165) is 80.7 Å². The molecule has 0 fully saturated rings. The summed E-state index contributed by atoms with van der Waals surface area (Å²) in [6, 6.07) is 97.3. The molecule has 0 saturated carbocycles. The minimum Gasteiger partial charge on any atom is -0.228 e. The minimum absolute atomic E-state index is 0.0292. The van der Waals surface area contributed by atoms with Gasteiger partial charge < -0.3 is 0 Å². The summed E-state index contributed by atoms with van der Waals surface area (Å²) < 4.78 is 2.59. The van der Waals surface area contributed by atoms with E-state index in [4.69, 9.17) is 9.97 Å². The number of aromatic nitrogens is 3. The van der Waals surface area contributed by atoms with Crippen molar-refractivity contribution in [2.45, 2.75) is 64.8 Å². The second-order valence-corrected chi connectivity index (χ2v) is 22.3. The second kappa shape index (κ2) is 21.8. The average molecular weight is 1060 g/mol. The summed E-state index contributed by atoms with van der Waals surface area (Å²) in [6.07, 6.45) is 5.47. The van der Waals surface area contributed by atoms with Crippen molar-refractivity contribution in [1.29, 1.82) is 0 Å². The third-order valence-corrected chi connectivity index (χ3v) is 17.9. The van der Waals surface area contributed by atoms with Gasteiger partial charge in [0.25, 0.3) is 0 Å². The normalized spacial score (nSPS) is 14.2. The minimum atomic E-state index is -0.0495. The molecule has 12 aromatic rings. The molecule has 1 aliphatic rings. The molecule has 0 amide bonds. The number of hydrogen-bond acceptors (Lipinski definition) is 2. The lowest BCUT2D eigenvalue weighted by molar-refractivity contribution is -0.769. The van der Waals surface area contributed by atoms with Crippen molar-refractivity contribution < 1.29 is 4.57 Å². The van der Waals surface area contributed by atoms with Gasteiger partial charge in [-0.05, 0) is 170 Å². The lowest BCUT2D eigenvalue weighted by Gasteiger charge is -2.47. The molecule has 3 heteroatoms. The Morgan fingerprint density at radius 3 is 1.09 bits per heavy atom. The molecule has 82 heavy (non-hydrogen) atoms. The highest BCUT2D eigenvalue weighted by atomic mass is 15.1. The summed E-state index contributed by atoms with van der Waals surface area (Å²) in [5.41, 5.74) is 26.0. The summed E-state index contributed by atoms with van der Waals surface area (Å²) in [5, 5.41) is 0. The topological polar surface area (TPSA) is 29.7 Å². The molecule has 0 bridgehead atoms. The van der Waals surface area contributed by atoms with Crippen LogP contribution in [0.3, 0.4) is 0 Å². The molecule has 1 atom stereocenters. The van der Waals surface area contributed by atoms with E-state index in [1.165, 1.54) is 66.9 Å². The first kappa shape index (κ1) is 51.8. The smallest absolute Gasteiger partial charge is 0.213 e. The number of pyridine rings is 1. The van der Waals surface area contributed by atoms with E-state index < -0.39 is 0 Å². The standard InChI is InChI=1S/C79H66N3/c1-6-78(5)73-42-41-62(53-72(73)74-40-21-22-43-82(74)79(78,7-2)8-3)59-34-25-39-65(46-59)77-80-75(63-37-23-35-60(44-63)70-49-66(55-26-13-9-14-27-55)47-67(50-70)56-28-15-10-16-29-56)54(4)76(81-77)64-38-24-36-61(45-64)71-51-68(57-30-17-11-18-31-57)48-69(52-71)58-32-19-12-20-33-58/h9-53H,6-8H2,1-5H3/q+1. The van der Waals surface area contributed by atoms with Gasteiger partial charge in [-0.2, -0.15) is 4.57 Å². The molecule has 0 radical (unpaired) electrons. The van der Waals surface area contributed by atoms with Crippen LogP contribution in [-0.2, 0) is 11.0 Å². The summed E-state index contributed by atoms with van der Waals surface area (Å²) >= 11 is 0. The summed E-state index contributed by atoms with van der Waals surface area (Å²) in [5.74, 6) is 0.677. The van der Waals surface area contributed by atoms with Crippen molar-refractivity contribution in [1.82, 2.24) is 9.97 Å². The largest absolute Gasteiger partial charge is 0.228 e. The molecule has 1 aliphatic heterocycles. The van der Waals surface area contributed by atoms with E-state index >= 15 is 0 Å². The van der Waals surface area contributed by atoms with Crippen LogP contribution >= 0.6 is 0 Å². The van der Waals surface area contributed by atoms with Crippen molar-refractivity contribution in [3.8, 4) is 123 Å². The first-order valence-corrected chi connectivity index (χ1v) is 29.1. The predicted octanol–water partition coefficient (Wildman–Crippen LogP) is 20.6. The highest BCUT2D eigenvalue weighted by Gasteiger charge is 2.58. The van der Waals surface area contributed by atoms with Crippen molar-refractivity contribution >= 4 is 0 Å². The van der Waals surface area contributed by atoms with Crippen LogP contribution in [0.4, 0.5) is 0 Å². The van der Waals surface area contributed by atoms with Crippen LogP contribution in [0, 0.1) is 6.92 Å². The quantitative estimate of drug-likeness (QED) is 0.108. The Kier molecular flexibility index (Phi) is 13.8. The Bertz CT molecular complexity index is 3990. The maximum absolute atomic E-state index is 5.62. The van der Waals surface area contributed by atoms with Gasteiger partial charge >= 0.3 is 0 Å². The maximum Gasteiger partial charge on any atom is 0.213 e. The third kappa shape index (κ3) is 9.36. The molecule has 10 aromatic carbocycles. The summed E-state index contributed by atoms with van der Waals surface area (Å²) in [4.78, 5) is 11.2. The van der Waals surface area contributed by atoms with E-state index in [2.05, 4.69) is 312 Å². The van der Waals surface area contributed by atoms with E-state index in [0.29, 0.717) is 5.82 Å². The SMILES string of the molecule is CCC1(C)c2ccc(-c3cccc(-c4nc(-c5cccc(-c6cc(-c7ccccc7)cc(-c7ccccc7)c6)c5)c(C)c(-c5cccc(-c6cc(-c7ccccc7)cc(-c7ccccc7)c6)c5)n4)c3)cc2-c2cccc[n+]2C1(CC)CC. The van der Waals surface area contributed by atoms with Gasteiger partial charge in [0.1, 0.15) is 0 Å². The van der Waals surface area contributed by atoms with Crippen LogP contribution in [0.1, 0.15) is 58.1 Å². The number of rotatable bonds is 13. The molecule has 0 N–H and O–H groups in total. The Morgan fingerprint density at radius 2 is 0.659 bits per heavy atom. The van der Waals surface area contributed by atoms with E-state index in [1.54, 1.807) is 0 Å². The van der Waals surface area contributed by atoms with Crippen molar-refractivity contribution in [3.05, 3.63) is 284 Å². The molecule has 0 saturated heterocycles. The van der Waals surface area contributed by atoms with Gasteiger partial charge in [0, 0.05) is 47.2 Å². The van der Waals surface area contributed by atoms with Gasteiger partial charge in [0.15, 0.2) is 17.6 Å². The second-order valence-electron chi connectivity index (χ2n) is 22.3. The third-order valence-electron chi connectivity index (χ3n) is 17.9. The highest BCUT2D eigenvalue weighted by molar-refractivity contribution is 5.87. The fraction of sp³-hybridized carbons (Fsp3) is 0.127. The first-order chi connectivity index (χ1) is 40.2. The van der Waals surface area contributed by atoms with Crippen LogP contribution in [0.15, 0.2) is 273 Å². The Balaban J connectivity index is 0.970. The lowest BCUT2D eigenvalue weighted by atomic mass is 9.58. The zero-order valence-corrected chi connectivity index (χ0v) is 47.4. The molecule has 13 rings (SSSR count). The van der Waals surface area contributed by atoms with Crippen LogP contribution in [-0.4, -0.2) is 9.97 Å². The Labute approximate surface area is 484 Å². The van der Waals surface area contributed by atoms with Crippen LogP contribution in [0.5, 0.6) is 0 Å². The zero-order valence-electron chi connectivity index (χ0n) is 47.4. The Hall–Kier alpha value is -9.57. The molecule has 3 heterocycles.